The third-order valence-electron chi connectivity index (χ3n) is 2.89. The highest BCUT2D eigenvalue weighted by Gasteiger charge is 2.12. The maximum atomic E-state index is 5.43. The largest absolute Gasteiger partial charge is 0.380 e. The monoisotopic (exact) mass is 240 g/mol. The summed E-state index contributed by atoms with van der Waals surface area (Å²) in [4.78, 5) is 4.56. The molecule has 1 saturated heterocycles. The van der Waals surface area contributed by atoms with E-state index in [1.54, 1.807) is 11.3 Å². The molecule has 0 spiro atoms. The molecule has 0 amide bonds. The van der Waals surface area contributed by atoms with Crippen LogP contribution < -0.4 is 5.32 Å². The summed E-state index contributed by atoms with van der Waals surface area (Å²) in [7, 11) is 0. The van der Waals surface area contributed by atoms with Crippen molar-refractivity contribution >= 4 is 11.3 Å². The first-order valence-corrected chi connectivity index (χ1v) is 7.01. The number of aromatic nitrogens is 1. The average Bonchev–Trinajstić information content (AvgIpc) is 2.78. The Hall–Kier alpha value is -0.450. The molecular weight excluding hydrogens is 220 g/mol. The predicted octanol–water partition coefficient (Wildman–Crippen LogP) is 2.02. The van der Waals surface area contributed by atoms with Gasteiger partial charge in [-0.05, 0) is 19.3 Å². The van der Waals surface area contributed by atoms with Crippen molar-refractivity contribution < 1.29 is 4.74 Å². The molecule has 0 aromatic carbocycles. The van der Waals surface area contributed by atoms with Crippen LogP contribution in [0.4, 0.5) is 0 Å². The van der Waals surface area contributed by atoms with Crippen molar-refractivity contribution in [1.29, 1.82) is 0 Å². The second-order valence-corrected chi connectivity index (χ2v) is 5.15. The van der Waals surface area contributed by atoms with Crippen LogP contribution in [0.25, 0.3) is 0 Å². The lowest BCUT2D eigenvalue weighted by molar-refractivity contribution is 0.0707. The van der Waals surface area contributed by atoms with Gasteiger partial charge in [0.15, 0.2) is 0 Å². The van der Waals surface area contributed by atoms with Crippen LogP contribution in [0.1, 0.15) is 30.5 Å². The molecule has 1 atom stereocenters. The van der Waals surface area contributed by atoms with Gasteiger partial charge in [0.2, 0.25) is 0 Å². The standard InChI is InChI=1S/C12H20N2OS/c1-2-10-9-16-12(14-10)5-6-13-11-4-3-7-15-8-11/h9,11,13H,2-8H2,1H3/t11-/m0/s1. The van der Waals surface area contributed by atoms with Gasteiger partial charge in [-0.3, -0.25) is 0 Å². The quantitative estimate of drug-likeness (QED) is 0.855. The molecular formula is C12H20N2OS. The molecule has 3 nitrogen and oxygen atoms in total. The highest BCUT2D eigenvalue weighted by atomic mass is 32.1. The van der Waals surface area contributed by atoms with E-state index in [0.717, 1.165) is 32.6 Å². The molecule has 1 aliphatic heterocycles. The number of hydrogen-bond donors (Lipinski definition) is 1. The molecule has 0 radical (unpaired) electrons. The first kappa shape index (κ1) is 12.0. The van der Waals surface area contributed by atoms with Crippen LogP contribution >= 0.6 is 11.3 Å². The Kier molecular flexibility index (Phi) is 4.75. The van der Waals surface area contributed by atoms with Crippen LogP contribution in [0.2, 0.25) is 0 Å². The van der Waals surface area contributed by atoms with E-state index in [9.17, 15) is 0 Å². The second-order valence-electron chi connectivity index (χ2n) is 4.20. The summed E-state index contributed by atoms with van der Waals surface area (Å²) in [5.41, 5.74) is 1.22. The van der Waals surface area contributed by atoms with Crippen molar-refractivity contribution in [1.82, 2.24) is 10.3 Å². The topological polar surface area (TPSA) is 34.1 Å². The molecule has 90 valence electrons. The lowest BCUT2D eigenvalue weighted by atomic mass is 10.1. The molecule has 16 heavy (non-hydrogen) atoms. The van der Waals surface area contributed by atoms with E-state index in [0.29, 0.717) is 6.04 Å². The Morgan fingerprint density at radius 2 is 2.56 bits per heavy atom. The lowest BCUT2D eigenvalue weighted by Crippen LogP contribution is -2.37. The molecule has 0 bridgehead atoms. The molecule has 1 aliphatic rings. The fraction of sp³-hybridized carbons (Fsp3) is 0.750. The second kappa shape index (κ2) is 6.33. The van der Waals surface area contributed by atoms with Crippen molar-refractivity contribution in [3.8, 4) is 0 Å². The smallest absolute Gasteiger partial charge is 0.0940 e. The zero-order valence-electron chi connectivity index (χ0n) is 9.87. The van der Waals surface area contributed by atoms with Crippen LogP contribution in [0, 0.1) is 0 Å². The molecule has 1 aromatic heterocycles. The third kappa shape index (κ3) is 3.54. The zero-order valence-corrected chi connectivity index (χ0v) is 10.7. The summed E-state index contributed by atoms with van der Waals surface area (Å²) in [6.07, 6.45) is 4.52. The fourth-order valence-corrected chi connectivity index (χ4v) is 2.79. The highest BCUT2D eigenvalue weighted by molar-refractivity contribution is 7.09. The Morgan fingerprint density at radius 1 is 1.62 bits per heavy atom. The number of nitrogens with one attached hydrogen (secondary N) is 1. The normalized spacial score (nSPS) is 21.2. The van der Waals surface area contributed by atoms with Gasteiger partial charge >= 0.3 is 0 Å². The van der Waals surface area contributed by atoms with E-state index >= 15 is 0 Å². The van der Waals surface area contributed by atoms with Gasteiger partial charge in [0.1, 0.15) is 0 Å². The van der Waals surface area contributed by atoms with Gasteiger partial charge in [0, 0.05) is 31.0 Å². The van der Waals surface area contributed by atoms with Crippen LogP contribution in [-0.2, 0) is 17.6 Å². The highest BCUT2D eigenvalue weighted by Crippen LogP contribution is 2.11. The summed E-state index contributed by atoms with van der Waals surface area (Å²) >= 11 is 1.78. The zero-order chi connectivity index (χ0) is 11.2. The minimum Gasteiger partial charge on any atom is -0.380 e. The minimum atomic E-state index is 0.555. The lowest BCUT2D eigenvalue weighted by Gasteiger charge is -2.22. The molecule has 0 unspecified atom stereocenters. The van der Waals surface area contributed by atoms with Crippen molar-refractivity contribution in [2.45, 2.75) is 38.6 Å². The van der Waals surface area contributed by atoms with Crippen molar-refractivity contribution in [2.24, 2.45) is 0 Å². The number of ether oxygens (including phenoxy) is 1. The fourth-order valence-electron chi connectivity index (χ4n) is 1.91. The van der Waals surface area contributed by atoms with E-state index < -0.39 is 0 Å². The van der Waals surface area contributed by atoms with Gasteiger partial charge in [-0.25, -0.2) is 4.98 Å². The summed E-state index contributed by atoms with van der Waals surface area (Å²) in [6, 6.07) is 0.555. The predicted molar refractivity (Wildman–Crippen MR) is 67.0 cm³/mol. The van der Waals surface area contributed by atoms with Crippen LogP contribution in [0.3, 0.4) is 0 Å². The minimum absolute atomic E-state index is 0.555. The SMILES string of the molecule is CCc1csc(CCN[C@H]2CCCOC2)n1. The first-order chi connectivity index (χ1) is 7.88. The molecule has 0 saturated carbocycles. The van der Waals surface area contributed by atoms with E-state index in [2.05, 4.69) is 22.6 Å². The summed E-state index contributed by atoms with van der Waals surface area (Å²) in [5, 5.41) is 6.96. The Labute approximate surface area is 101 Å². The van der Waals surface area contributed by atoms with Gasteiger partial charge in [-0.1, -0.05) is 6.92 Å². The van der Waals surface area contributed by atoms with Gasteiger partial charge in [0.25, 0.3) is 0 Å². The maximum absolute atomic E-state index is 5.43. The number of aryl methyl sites for hydroxylation is 1. The van der Waals surface area contributed by atoms with Crippen LogP contribution in [0.15, 0.2) is 5.38 Å². The van der Waals surface area contributed by atoms with E-state index in [1.165, 1.54) is 23.5 Å². The van der Waals surface area contributed by atoms with E-state index in [1.807, 2.05) is 0 Å². The summed E-state index contributed by atoms with van der Waals surface area (Å²) < 4.78 is 5.43. The number of thiazole rings is 1. The summed E-state index contributed by atoms with van der Waals surface area (Å²) in [5.74, 6) is 0. The van der Waals surface area contributed by atoms with E-state index in [4.69, 9.17) is 4.74 Å². The number of nitrogens with zero attached hydrogens (tertiary/aromatic N) is 1. The Balaban J connectivity index is 1.66. The Bertz CT molecular complexity index is 308. The van der Waals surface area contributed by atoms with Crippen molar-refractivity contribution in [2.75, 3.05) is 19.8 Å². The maximum Gasteiger partial charge on any atom is 0.0940 e. The third-order valence-corrected chi connectivity index (χ3v) is 3.85. The first-order valence-electron chi connectivity index (χ1n) is 6.13. The number of rotatable bonds is 5. The molecule has 1 aromatic rings. The van der Waals surface area contributed by atoms with Gasteiger partial charge in [0.05, 0.1) is 17.3 Å². The summed E-state index contributed by atoms with van der Waals surface area (Å²) in [6.45, 7) is 4.98. The number of hydrogen-bond acceptors (Lipinski definition) is 4. The van der Waals surface area contributed by atoms with Gasteiger partial charge in [-0.15, -0.1) is 11.3 Å². The molecule has 0 aliphatic carbocycles. The molecule has 2 heterocycles. The van der Waals surface area contributed by atoms with Crippen LogP contribution in [-0.4, -0.2) is 30.8 Å². The average molecular weight is 240 g/mol. The van der Waals surface area contributed by atoms with Crippen LogP contribution in [0.5, 0.6) is 0 Å². The molecule has 4 heteroatoms. The van der Waals surface area contributed by atoms with Gasteiger partial charge in [-0.2, -0.15) is 0 Å². The van der Waals surface area contributed by atoms with E-state index in [-0.39, 0.29) is 0 Å². The Morgan fingerprint density at radius 3 is 3.25 bits per heavy atom. The van der Waals surface area contributed by atoms with Crippen molar-refractivity contribution in [3.05, 3.63) is 16.1 Å². The molecule has 1 N–H and O–H groups in total. The molecule has 2 rings (SSSR count). The van der Waals surface area contributed by atoms with Crippen molar-refractivity contribution in [3.63, 3.8) is 0 Å². The van der Waals surface area contributed by atoms with Gasteiger partial charge < -0.3 is 10.1 Å². The molecule has 1 fully saturated rings.